The highest BCUT2D eigenvalue weighted by atomic mass is 32.2. The fourth-order valence-corrected chi connectivity index (χ4v) is 4.59. The number of rotatable bonds is 6. The van der Waals surface area contributed by atoms with Gasteiger partial charge < -0.3 is 10.1 Å². The number of carboxylic acids is 1. The molecule has 1 aliphatic rings. The highest BCUT2D eigenvalue weighted by Crippen LogP contribution is 2.38. The van der Waals surface area contributed by atoms with Gasteiger partial charge in [0.2, 0.25) is 0 Å². The van der Waals surface area contributed by atoms with E-state index in [1.54, 1.807) is 19.1 Å². The number of aromatic nitrogens is 1. The average molecular weight is 375 g/mol. The van der Waals surface area contributed by atoms with Gasteiger partial charge in [0, 0.05) is 17.9 Å². The number of benzene rings is 1. The number of hydrogen-bond donors (Lipinski definition) is 2. The third-order valence-electron chi connectivity index (χ3n) is 5.38. The standard InChI is InChI=1S/C20H25NO4S/c1-13-11-18(21-19(13)20(22)23)17(12-14-5-3-4-6-14)15-7-9-16(10-8-15)26(2,24)25/h7-11,14,17,21H,3-6,12H2,1-2H3,(H,22,23). The Balaban J connectivity index is 1.97. The number of carboxylic acid groups (broad SMARTS) is 1. The third-order valence-corrected chi connectivity index (χ3v) is 6.51. The van der Waals surface area contributed by atoms with Gasteiger partial charge in [-0.1, -0.05) is 37.8 Å². The van der Waals surface area contributed by atoms with Crippen molar-refractivity contribution in [3.63, 3.8) is 0 Å². The Morgan fingerprint density at radius 2 is 1.85 bits per heavy atom. The molecule has 140 valence electrons. The molecule has 1 atom stereocenters. The van der Waals surface area contributed by atoms with Crippen molar-refractivity contribution in [1.82, 2.24) is 4.98 Å². The molecular weight excluding hydrogens is 350 g/mol. The number of aromatic amines is 1. The molecule has 0 amide bonds. The number of hydrogen-bond acceptors (Lipinski definition) is 3. The van der Waals surface area contributed by atoms with E-state index in [9.17, 15) is 18.3 Å². The molecule has 0 saturated heterocycles. The number of nitrogens with one attached hydrogen (secondary N) is 1. The predicted molar refractivity (Wildman–Crippen MR) is 100 cm³/mol. The number of H-pyrrole nitrogens is 1. The van der Waals surface area contributed by atoms with E-state index in [2.05, 4.69) is 4.98 Å². The quantitative estimate of drug-likeness (QED) is 0.794. The molecule has 1 aromatic carbocycles. The average Bonchev–Trinajstić information content (AvgIpc) is 3.21. The molecule has 1 saturated carbocycles. The highest BCUT2D eigenvalue weighted by molar-refractivity contribution is 7.90. The smallest absolute Gasteiger partial charge is 0.352 e. The first-order valence-electron chi connectivity index (χ1n) is 8.98. The number of carbonyl (C=O) groups is 1. The predicted octanol–water partition coefficient (Wildman–Crippen LogP) is 4.14. The van der Waals surface area contributed by atoms with Gasteiger partial charge in [0.1, 0.15) is 5.69 Å². The molecule has 3 rings (SSSR count). The summed E-state index contributed by atoms with van der Waals surface area (Å²) in [4.78, 5) is 14.8. The lowest BCUT2D eigenvalue weighted by molar-refractivity contribution is 0.0690. The summed E-state index contributed by atoms with van der Waals surface area (Å²) in [5, 5.41) is 9.34. The topological polar surface area (TPSA) is 87.2 Å². The highest BCUT2D eigenvalue weighted by Gasteiger charge is 2.25. The first kappa shape index (κ1) is 18.7. The van der Waals surface area contributed by atoms with Gasteiger partial charge in [0.05, 0.1) is 4.90 Å². The Labute approximate surface area is 154 Å². The Bertz CT molecular complexity index is 890. The number of sulfone groups is 1. The maximum absolute atomic E-state index is 11.7. The van der Waals surface area contributed by atoms with Gasteiger partial charge in [-0.15, -0.1) is 0 Å². The first-order valence-corrected chi connectivity index (χ1v) is 10.9. The molecule has 2 aromatic rings. The van der Waals surface area contributed by atoms with Crippen molar-refractivity contribution in [2.45, 2.75) is 49.8 Å². The number of aromatic carboxylic acids is 1. The fourth-order valence-electron chi connectivity index (χ4n) is 3.96. The van der Waals surface area contributed by atoms with Crippen molar-refractivity contribution in [3.05, 3.63) is 52.8 Å². The van der Waals surface area contributed by atoms with Crippen molar-refractivity contribution < 1.29 is 18.3 Å². The molecule has 1 unspecified atom stereocenters. The van der Waals surface area contributed by atoms with Gasteiger partial charge in [-0.25, -0.2) is 13.2 Å². The fraction of sp³-hybridized carbons (Fsp3) is 0.450. The molecule has 0 spiro atoms. The Hall–Kier alpha value is -2.08. The summed E-state index contributed by atoms with van der Waals surface area (Å²) >= 11 is 0. The number of aryl methyl sites for hydroxylation is 1. The van der Waals surface area contributed by atoms with Gasteiger partial charge in [-0.2, -0.15) is 0 Å². The maximum atomic E-state index is 11.7. The van der Waals surface area contributed by atoms with Crippen LogP contribution in [0.3, 0.4) is 0 Å². The zero-order valence-corrected chi connectivity index (χ0v) is 16.0. The minimum atomic E-state index is -3.23. The minimum Gasteiger partial charge on any atom is -0.477 e. The Kier molecular flexibility index (Phi) is 5.23. The van der Waals surface area contributed by atoms with Crippen molar-refractivity contribution in [1.29, 1.82) is 0 Å². The minimum absolute atomic E-state index is 0.0403. The van der Waals surface area contributed by atoms with E-state index in [1.165, 1.54) is 31.9 Å². The molecule has 1 heterocycles. The van der Waals surface area contributed by atoms with Crippen LogP contribution in [0.15, 0.2) is 35.2 Å². The van der Waals surface area contributed by atoms with Gasteiger partial charge in [0.25, 0.3) is 0 Å². The van der Waals surface area contributed by atoms with Crippen LogP contribution in [0.25, 0.3) is 0 Å². The van der Waals surface area contributed by atoms with Crippen molar-refractivity contribution in [2.75, 3.05) is 6.26 Å². The molecule has 0 bridgehead atoms. The van der Waals surface area contributed by atoms with Crippen LogP contribution in [0.2, 0.25) is 0 Å². The van der Waals surface area contributed by atoms with Crippen LogP contribution in [-0.4, -0.2) is 30.7 Å². The van der Waals surface area contributed by atoms with Crippen LogP contribution in [0, 0.1) is 12.8 Å². The summed E-state index contributed by atoms with van der Waals surface area (Å²) < 4.78 is 23.4. The second kappa shape index (κ2) is 7.27. The van der Waals surface area contributed by atoms with Gasteiger partial charge in [-0.05, 0) is 48.6 Å². The second-order valence-electron chi connectivity index (χ2n) is 7.37. The van der Waals surface area contributed by atoms with Crippen molar-refractivity contribution in [3.8, 4) is 0 Å². The Morgan fingerprint density at radius 1 is 1.23 bits per heavy atom. The van der Waals surface area contributed by atoms with E-state index in [1.807, 2.05) is 18.2 Å². The third kappa shape index (κ3) is 4.01. The molecule has 2 N–H and O–H groups in total. The largest absolute Gasteiger partial charge is 0.477 e. The summed E-state index contributed by atoms with van der Waals surface area (Å²) in [6.45, 7) is 1.79. The normalized spacial score (nSPS) is 16.7. The van der Waals surface area contributed by atoms with Crippen LogP contribution < -0.4 is 0 Å². The molecule has 26 heavy (non-hydrogen) atoms. The Morgan fingerprint density at radius 3 is 2.35 bits per heavy atom. The zero-order valence-electron chi connectivity index (χ0n) is 15.2. The van der Waals surface area contributed by atoms with E-state index in [-0.39, 0.29) is 11.6 Å². The molecule has 6 heteroatoms. The van der Waals surface area contributed by atoms with Gasteiger partial charge >= 0.3 is 5.97 Å². The lowest BCUT2D eigenvalue weighted by Crippen LogP contribution is -2.09. The molecule has 1 fully saturated rings. The van der Waals surface area contributed by atoms with Gasteiger partial charge in [-0.3, -0.25) is 0 Å². The van der Waals surface area contributed by atoms with Gasteiger partial charge in [0.15, 0.2) is 9.84 Å². The van der Waals surface area contributed by atoms with Crippen LogP contribution in [0.4, 0.5) is 0 Å². The second-order valence-corrected chi connectivity index (χ2v) is 9.38. The van der Waals surface area contributed by atoms with Crippen LogP contribution in [0.5, 0.6) is 0 Å². The van der Waals surface area contributed by atoms with Crippen LogP contribution in [-0.2, 0) is 9.84 Å². The van der Waals surface area contributed by atoms with Crippen molar-refractivity contribution in [2.24, 2.45) is 5.92 Å². The van der Waals surface area contributed by atoms with Crippen molar-refractivity contribution >= 4 is 15.8 Å². The summed E-state index contributed by atoms with van der Waals surface area (Å²) in [5.74, 6) is -0.300. The lowest BCUT2D eigenvalue weighted by atomic mass is 9.85. The summed E-state index contributed by atoms with van der Waals surface area (Å²) in [7, 11) is -3.23. The molecule has 5 nitrogen and oxygen atoms in total. The first-order chi connectivity index (χ1) is 12.3. The molecule has 1 aliphatic carbocycles. The SMILES string of the molecule is Cc1cc(C(CC2CCCC2)c2ccc(S(C)(=O)=O)cc2)[nH]c1C(=O)O. The van der Waals surface area contributed by atoms with Crippen LogP contribution in [0.1, 0.15) is 65.3 Å². The van der Waals surface area contributed by atoms with E-state index in [0.717, 1.165) is 23.2 Å². The van der Waals surface area contributed by atoms with E-state index in [0.29, 0.717) is 10.8 Å². The maximum Gasteiger partial charge on any atom is 0.352 e. The van der Waals surface area contributed by atoms with E-state index in [4.69, 9.17) is 0 Å². The van der Waals surface area contributed by atoms with E-state index < -0.39 is 15.8 Å². The molecule has 1 aromatic heterocycles. The monoisotopic (exact) mass is 375 g/mol. The molecule has 0 aliphatic heterocycles. The van der Waals surface area contributed by atoms with E-state index >= 15 is 0 Å². The summed E-state index contributed by atoms with van der Waals surface area (Å²) in [6.07, 6.45) is 7.03. The summed E-state index contributed by atoms with van der Waals surface area (Å²) in [5.41, 5.74) is 2.85. The van der Waals surface area contributed by atoms with Crippen LogP contribution >= 0.6 is 0 Å². The lowest BCUT2D eigenvalue weighted by Gasteiger charge is -2.20. The summed E-state index contributed by atoms with van der Waals surface area (Å²) in [6, 6.07) is 8.90. The molecule has 0 radical (unpaired) electrons. The zero-order chi connectivity index (χ0) is 18.9. The molecular formula is C20H25NO4S.